The van der Waals surface area contributed by atoms with Gasteiger partial charge in [-0.25, -0.2) is 0 Å². The predicted octanol–water partition coefficient (Wildman–Crippen LogP) is 3.42. The maximum Gasteiger partial charge on any atom is 0.268 e. The minimum Gasteiger partial charge on any atom is -0.497 e. The molecule has 0 spiro atoms. The van der Waals surface area contributed by atoms with Crippen LogP contribution in [-0.2, 0) is 6.54 Å². The van der Waals surface area contributed by atoms with Gasteiger partial charge in [-0.3, -0.25) is 4.79 Å². The number of nitrogens with zero attached hydrogens (tertiary/aromatic N) is 1. The molecular weight excluding hydrogens is 390 g/mol. The van der Waals surface area contributed by atoms with Crippen molar-refractivity contribution in [1.82, 2.24) is 9.88 Å². The Morgan fingerprint density at radius 2 is 1.90 bits per heavy atom. The topological polar surface area (TPSA) is 60.8 Å². The van der Waals surface area contributed by atoms with Gasteiger partial charge in [0.15, 0.2) is 5.58 Å². The Bertz CT molecular complexity index is 984. The fraction of sp³-hybridized carbons (Fsp3) is 0.480. The summed E-state index contributed by atoms with van der Waals surface area (Å²) in [4.78, 5) is 14.7. The lowest BCUT2D eigenvalue weighted by Crippen LogP contribution is -3.11. The molecule has 0 saturated heterocycles. The summed E-state index contributed by atoms with van der Waals surface area (Å²) in [7, 11) is 1.66. The van der Waals surface area contributed by atoms with E-state index in [-0.39, 0.29) is 11.9 Å². The van der Waals surface area contributed by atoms with Gasteiger partial charge in [0.05, 0.1) is 32.3 Å². The molecule has 1 aromatic carbocycles. The predicted molar refractivity (Wildman–Crippen MR) is 124 cm³/mol. The van der Waals surface area contributed by atoms with Gasteiger partial charge in [-0.2, -0.15) is 0 Å². The van der Waals surface area contributed by atoms with E-state index < -0.39 is 0 Å². The van der Waals surface area contributed by atoms with Gasteiger partial charge >= 0.3 is 0 Å². The highest BCUT2D eigenvalue weighted by Crippen LogP contribution is 2.25. The molecule has 2 N–H and O–H groups in total. The average molecular weight is 427 g/mol. The lowest BCUT2D eigenvalue weighted by molar-refractivity contribution is -0.896. The molecule has 168 valence electrons. The lowest BCUT2D eigenvalue weighted by Gasteiger charge is -2.18. The molecule has 0 saturated carbocycles. The third kappa shape index (κ3) is 5.70. The number of benzene rings is 1. The minimum atomic E-state index is -0.0553. The number of quaternary nitrogens is 1. The fourth-order valence-electron chi connectivity index (χ4n) is 4.07. The van der Waals surface area contributed by atoms with Crippen LogP contribution in [0.1, 0.15) is 55.4 Å². The van der Waals surface area contributed by atoms with Crippen LogP contribution in [0.2, 0.25) is 0 Å². The van der Waals surface area contributed by atoms with Crippen LogP contribution >= 0.6 is 0 Å². The first-order valence-electron chi connectivity index (χ1n) is 11.3. The second kappa shape index (κ2) is 10.5. The zero-order valence-corrected chi connectivity index (χ0v) is 19.5. The molecule has 3 rings (SSSR count). The second-order valence-electron chi connectivity index (χ2n) is 8.29. The first-order valence-corrected chi connectivity index (χ1v) is 11.3. The van der Waals surface area contributed by atoms with Crippen molar-refractivity contribution in [2.75, 3.05) is 26.7 Å². The van der Waals surface area contributed by atoms with Crippen LogP contribution in [0.5, 0.6) is 5.75 Å². The molecule has 0 aliphatic heterocycles. The van der Waals surface area contributed by atoms with Gasteiger partial charge in [0.25, 0.3) is 5.91 Å². The minimum absolute atomic E-state index is 0.0553. The fourth-order valence-corrected chi connectivity index (χ4v) is 4.07. The zero-order chi connectivity index (χ0) is 22.4. The van der Waals surface area contributed by atoms with Crippen molar-refractivity contribution in [1.29, 1.82) is 0 Å². The number of methoxy groups -OCH3 is 1. The van der Waals surface area contributed by atoms with Gasteiger partial charge in [-0.05, 0) is 58.2 Å². The van der Waals surface area contributed by atoms with Gasteiger partial charge in [0, 0.05) is 24.7 Å². The summed E-state index contributed by atoms with van der Waals surface area (Å²) in [5.41, 5.74) is 3.41. The van der Waals surface area contributed by atoms with Crippen LogP contribution in [0.3, 0.4) is 0 Å². The summed E-state index contributed by atoms with van der Waals surface area (Å²) in [6.07, 6.45) is 2.08. The summed E-state index contributed by atoms with van der Waals surface area (Å²) >= 11 is 0. The van der Waals surface area contributed by atoms with Crippen LogP contribution in [0.25, 0.3) is 11.1 Å². The molecule has 2 heterocycles. The van der Waals surface area contributed by atoms with Crippen molar-refractivity contribution in [3.63, 3.8) is 0 Å². The Labute approximate surface area is 185 Å². The van der Waals surface area contributed by atoms with Crippen LogP contribution in [-0.4, -0.2) is 43.3 Å². The number of amides is 1. The average Bonchev–Trinajstić information content (AvgIpc) is 3.28. The van der Waals surface area contributed by atoms with E-state index in [2.05, 4.69) is 26.1 Å². The number of aryl methyl sites for hydroxylation is 1. The SMILES string of the molecule is CC[NH+](CC)CCC[C@H](C)NC(=O)c1cc2oc(C)cc2n1Cc1ccc(OC)cc1. The highest BCUT2D eigenvalue weighted by molar-refractivity contribution is 5.97. The van der Waals surface area contributed by atoms with E-state index in [0.717, 1.165) is 60.6 Å². The highest BCUT2D eigenvalue weighted by Gasteiger charge is 2.20. The molecule has 3 aromatic rings. The van der Waals surface area contributed by atoms with E-state index in [4.69, 9.17) is 9.15 Å². The molecule has 2 aromatic heterocycles. The number of carbonyl (C=O) groups is 1. The Morgan fingerprint density at radius 1 is 1.19 bits per heavy atom. The number of aromatic nitrogens is 1. The van der Waals surface area contributed by atoms with Crippen molar-refractivity contribution in [3.05, 3.63) is 53.4 Å². The summed E-state index contributed by atoms with van der Waals surface area (Å²) < 4.78 is 13.1. The number of hydrogen-bond acceptors (Lipinski definition) is 3. The van der Waals surface area contributed by atoms with E-state index >= 15 is 0 Å². The number of fused-ring (bicyclic) bond motifs is 1. The molecule has 6 nitrogen and oxygen atoms in total. The molecule has 0 aliphatic carbocycles. The summed E-state index contributed by atoms with van der Waals surface area (Å²) in [6, 6.07) is 11.9. The number of nitrogens with one attached hydrogen (secondary N) is 2. The Kier molecular flexibility index (Phi) is 7.80. The van der Waals surface area contributed by atoms with Crippen molar-refractivity contribution in [3.8, 4) is 5.75 Å². The molecule has 0 aliphatic rings. The van der Waals surface area contributed by atoms with Gasteiger partial charge in [0.2, 0.25) is 0 Å². The Morgan fingerprint density at radius 3 is 2.55 bits per heavy atom. The normalized spacial score (nSPS) is 12.5. The second-order valence-corrected chi connectivity index (χ2v) is 8.29. The van der Waals surface area contributed by atoms with E-state index in [0.29, 0.717) is 12.2 Å². The van der Waals surface area contributed by atoms with Crippen LogP contribution in [0, 0.1) is 6.92 Å². The number of rotatable bonds is 11. The Hall–Kier alpha value is -2.73. The number of ether oxygens (including phenoxy) is 1. The molecule has 0 bridgehead atoms. The van der Waals surface area contributed by atoms with Crippen molar-refractivity contribution in [2.45, 2.75) is 53.1 Å². The largest absolute Gasteiger partial charge is 0.497 e. The van der Waals surface area contributed by atoms with Crippen molar-refractivity contribution in [2.24, 2.45) is 0 Å². The number of furan rings is 1. The molecule has 6 heteroatoms. The van der Waals surface area contributed by atoms with E-state index in [1.54, 1.807) is 12.0 Å². The van der Waals surface area contributed by atoms with E-state index in [9.17, 15) is 4.79 Å². The third-order valence-corrected chi connectivity index (χ3v) is 5.99. The molecule has 0 radical (unpaired) electrons. The monoisotopic (exact) mass is 426 g/mol. The molecular formula is C25H36N3O3+. The first kappa shape index (κ1) is 22.9. The number of hydrogen-bond donors (Lipinski definition) is 2. The maximum absolute atomic E-state index is 13.1. The Balaban J connectivity index is 1.73. The molecule has 1 atom stereocenters. The maximum atomic E-state index is 13.1. The molecule has 31 heavy (non-hydrogen) atoms. The van der Waals surface area contributed by atoms with Gasteiger partial charge in [-0.1, -0.05) is 12.1 Å². The lowest BCUT2D eigenvalue weighted by atomic mass is 10.1. The van der Waals surface area contributed by atoms with Gasteiger partial charge < -0.3 is 23.9 Å². The van der Waals surface area contributed by atoms with E-state index in [1.807, 2.05) is 47.9 Å². The quantitative estimate of drug-likeness (QED) is 0.494. The molecule has 0 unspecified atom stereocenters. The van der Waals surface area contributed by atoms with Gasteiger partial charge in [-0.15, -0.1) is 0 Å². The standard InChI is InChI=1S/C25H35N3O3/c1-6-27(7-2)14-8-9-18(3)26-25(29)23-16-24-22(15-19(4)31-24)28(23)17-20-10-12-21(30-5)13-11-20/h10-13,15-16,18H,6-9,14,17H2,1-5H3,(H,26,29)/p+1/t18-/m0/s1. The first-order chi connectivity index (χ1) is 14.9. The van der Waals surface area contributed by atoms with Crippen molar-refractivity contribution >= 4 is 17.0 Å². The summed E-state index contributed by atoms with van der Waals surface area (Å²) in [5.74, 6) is 1.60. The summed E-state index contributed by atoms with van der Waals surface area (Å²) in [5, 5.41) is 3.19. The van der Waals surface area contributed by atoms with E-state index in [1.165, 1.54) is 0 Å². The smallest absolute Gasteiger partial charge is 0.268 e. The number of carbonyl (C=O) groups excluding carboxylic acids is 1. The van der Waals surface area contributed by atoms with Crippen molar-refractivity contribution < 1.29 is 18.8 Å². The highest BCUT2D eigenvalue weighted by atomic mass is 16.5. The molecule has 1 amide bonds. The van der Waals surface area contributed by atoms with Gasteiger partial charge in [0.1, 0.15) is 17.2 Å². The van der Waals surface area contributed by atoms with Crippen LogP contribution < -0.4 is 15.0 Å². The van der Waals surface area contributed by atoms with Crippen LogP contribution in [0.4, 0.5) is 0 Å². The summed E-state index contributed by atoms with van der Waals surface area (Å²) in [6.45, 7) is 12.5. The molecule has 0 fully saturated rings. The van der Waals surface area contributed by atoms with Crippen LogP contribution in [0.15, 0.2) is 40.8 Å². The third-order valence-electron chi connectivity index (χ3n) is 5.99. The zero-order valence-electron chi connectivity index (χ0n) is 19.5.